The van der Waals surface area contributed by atoms with Gasteiger partial charge in [0.2, 0.25) is 0 Å². The van der Waals surface area contributed by atoms with Crippen molar-refractivity contribution in [3.8, 4) is 0 Å². The third-order valence-corrected chi connectivity index (χ3v) is 3.19. The van der Waals surface area contributed by atoms with Crippen molar-refractivity contribution in [1.82, 2.24) is 5.32 Å². The molecule has 114 valence electrons. The zero-order valence-electron chi connectivity index (χ0n) is 13.0. The van der Waals surface area contributed by atoms with E-state index in [1.165, 1.54) is 25.7 Å². The van der Waals surface area contributed by atoms with Crippen LogP contribution in [0.15, 0.2) is 0 Å². The number of carbonyl (C=O) groups is 1. The molecule has 0 saturated heterocycles. The molecule has 1 N–H and O–H groups in total. The van der Waals surface area contributed by atoms with E-state index in [-0.39, 0.29) is 18.1 Å². The van der Waals surface area contributed by atoms with Crippen LogP contribution in [0.4, 0.5) is 0 Å². The van der Waals surface area contributed by atoms with Crippen LogP contribution in [0, 0.1) is 0 Å². The molecule has 2 unspecified atom stereocenters. The predicted molar refractivity (Wildman–Crippen MR) is 78.3 cm³/mol. The number of hydrogen-bond donors (Lipinski definition) is 1. The van der Waals surface area contributed by atoms with Gasteiger partial charge in [-0.05, 0) is 33.7 Å². The first-order chi connectivity index (χ1) is 9.15. The van der Waals surface area contributed by atoms with Crippen LogP contribution in [0.1, 0.15) is 59.3 Å². The van der Waals surface area contributed by atoms with Crippen molar-refractivity contribution in [2.75, 3.05) is 20.3 Å². The van der Waals surface area contributed by atoms with Crippen LogP contribution in [-0.4, -0.2) is 38.4 Å². The summed E-state index contributed by atoms with van der Waals surface area (Å²) in [4.78, 5) is 11.6. The minimum Gasteiger partial charge on any atom is -0.465 e. The maximum Gasteiger partial charge on any atom is 0.323 e. The first-order valence-corrected chi connectivity index (χ1v) is 7.61. The second kappa shape index (κ2) is 12.4. The highest BCUT2D eigenvalue weighted by Crippen LogP contribution is 2.08. The molecule has 0 aromatic rings. The van der Waals surface area contributed by atoms with Crippen LogP contribution in [0.25, 0.3) is 0 Å². The van der Waals surface area contributed by atoms with Crippen molar-refractivity contribution in [3.05, 3.63) is 0 Å². The fraction of sp³-hybridized carbons (Fsp3) is 0.933. The summed E-state index contributed by atoms with van der Waals surface area (Å²) >= 11 is 0. The zero-order chi connectivity index (χ0) is 14.5. The Morgan fingerprint density at radius 3 is 2.47 bits per heavy atom. The molecule has 2 atom stereocenters. The summed E-state index contributed by atoms with van der Waals surface area (Å²) in [6.07, 6.45) is 7.11. The van der Waals surface area contributed by atoms with E-state index in [4.69, 9.17) is 9.47 Å². The van der Waals surface area contributed by atoms with Gasteiger partial charge in [-0.15, -0.1) is 0 Å². The molecular formula is C15H31NO3. The van der Waals surface area contributed by atoms with Gasteiger partial charge in [0.1, 0.15) is 6.04 Å². The highest BCUT2D eigenvalue weighted by molar-refractivity contribution is 5.75. The lowest BCUT2D eigenvalue weighted by Crippen LogP contribution is -2.36. The van der Waals surface area contributed by atoms with E-state index in [0.717, 1.165) is 6.42 Å². The summed E-state index contributed by atoms with van der Waals surface area (Å²) in [5, 5.41) is 2.97. The predicted octanol–water partition coefficient (Wildman–Crippen LogP) is 2.90. The second-order valence-electron chi connectivity index (χ2n) is 4.91. The van der Waals surface area contributed by atoms with Crippen molar-refractivity contribution in [2.24, 2.45) is 0 Å². The lowest BCUT2D eigenvalue weighted by molar-refractivity contribution is -0.146. The van der Waals surface area contributed by atoms with Gasteiger partial charge in [0.25, 0.3) is 0 Å². The van der Waals surface area contributed by atoms with E-state index in [1.54, 1.807) is 7.05 Å². The first kappa shape index (κ1) is 18.4. The van der Waals surface area contributed by atoms with Gasteiger partial charge in [-0.1, -0.05) is 32.6 Å². The Morgan fingerprint density at radius 1 is 1.16 bits per heavy atom. The van der Waals surface area contributed by atoms with Gasteiger partial charge in [0.15, 0.2) is 0 Å². The molecule has 0 amide bonds. The summed E-state index contributed by atoms with van der Waals surface area (Å²) in [7, 11) is 1.77. The van der Waals surface area contributed by atoms with Gasteiger partial charge >= 0.3 is 5.97 Å². The van der Waals surface area contributed by atoms with Crippen molar-refractivity contribution in [1.29, 1.82) is 0 Å². The average Bonchev–Trinajstić information content (AvgIpc) is 2.40. The minimum atomic E-state index is -0.257. The molecule has 19 heavy (non-hydrogen) atoms. The third-order valence-electron chi connectivity index (χ3n) is 3.19. The molecule has 0 heterocycles. The fourth-order valence-corrected chi connectivity index (χ4v) is 1.95. The number of unbranched alkanes of at least 4 members (excludes halogenated alkanes) is 3. The Hall–Kier alpha value is -0.610. The Bertz CT molecular complexity index is 221. The van der Waals surface area contributed by atoms with Crippen LogP contribution in [0.3, 0.4) is 0 Å². The van der Waals surface area contributed by atoms with Gasteiger partial charge < -0.3 is 14.8 Å². The summed E-state index contributed by atoms with van der Waals surface area (Å²) < 4.78 is 10.7. The van der Waals surface area contributed by atoms with Gasteiger partial charge in [-0.3, -0.25) is 4.79 Å². The normalized spacial score (nSPS) is 14.1. The molecule has 0 aromatic carbocycles. The smallest absolute Gasteiger partial charge is 0.323 e. The fourth-order valence-electron chi connectivity index (χ4n) is 1.95. The Labute approximate surface area is 118 Å². The molecular weight excluding hydrogens is 242 g/mol. The number of nitrogens with one attached hydrogen (secondary N) is 1. The molecule has 4 heteroatoms. The van der Waals surface area contributed by atoms with Crippen LogP contribution in [0.5, 0.6) is 0 Å². The quantitative estimate of drug-likeness (QED) is 0.439. The molecule has 4 nitrogen and oxygen atoms in total. The molecule has 0 bridgehead atoms. The molecule has 0 aliphatic carbocycles. The van der Waals surface area contributed by atoms with Crippen LogP contribution in [-0.2, 0) is 14.3 Å². The molecule has 0 aliphatic rings. The van der Waals surface area contributed by atoms with Gasteiger partial charge in [-0.25, -0.2) is 0 Å². The summed E-state index contributed by atoms with van der Waals surface area (Å²) in [6, 6.07) is -0.257. The third kappa shape index (κ3) is 9.91. The van der Waals surface area contributed by atoms with Crippen molar-refractivity contribution in [2.45, 2.75) is 71.4 Å². The molecule has 0 radical (unpaired) electrons. The highest BCUT2D eigenvalue weighted by atomic mass is 16.5. The molecule has 0 spiro atoms. The number of carbonyl (C=O) groups excluding carboxylic acids is 1. The van der Waals surface area contributed by atoms with E-state index in [1.807, 2.05) is 6.92 Å². The maximum atomic E-state index is 11.6. The van der Waals surface area contributed by atoms with Crippen LogP contribution in [0.2, 0.25) is 0 Å². The van der Waals surface area contributed by atoms with Crippen LogP contribution < -0.4 is 5.32 Å². The largest absolute Gasteiger partial charge is 0.465 e. The van der Waals surface area contributed by atoms with E-state index in [9.17, 15) is 4.79 Å². The Balaban J connectivity index is 3.66. The van der Waals surface area contributed by atoms with Gasteiger partial charge in [0.05, 0.1) is 12.7 Å². The minimum absolute atomic E-state index is 0.191. The summed E-state index contributed by atoms with van der Waals surface area (Å²) in [5.41, 5.74) is 0. The van der Waals surface area contributed by atoms with E-state index >= 15 is 0 Å². The number of ether oxygens (including phenoxy) is 2. The van der Waals surface area contributed by atoms with Gasteiger partial charge in [-0.2, -0.15) is 0 Å². The van der Waals surface area contributed by atoms with Crippen molar-refractivity contribution < 1.29 is 14.3 Å². The SMILES string of the molecule is CCCCCCC(C)OCCC(NC)C(=O)OCC. The highest BCUT2D eigenvalue weighted by Gasteiger charge is 2.17. The molecule has 0 aromatic heterocycles. The van der Waals surface area contributed by atoms with Crippen molar-refractivity contribution in [3.63, 3.8) is 0 Å². The van der Waals surface area contributed by atoms with E-state index in [0.29, 0.717) is 19.6 Å². The van der Waals surface area contributed by atoms with Crippen LogP contribution >= 0.6 is 0 Å². The van der Waals surface area contributed by atoms with Gasteiger partial charge in [0, 0.05) is 6.61 Å². The lowest BCUT2D eigenvalue weighted by Gasteiger charge is -2.17. The lowest BCUT2D eigenvalue weighted by atomic mass is 10.1. The second-order valence-corrected chi connectivity index (χ2v) is 4.91. The zero-order valence-corrected chi connectivity index (χ0v) is 13.0. The average molecular weight is 273 g/mol. The monoisotopic (exact) mass is 273 g/mol. The summed E-state index contributed by atoms with van der Waals surface area (Å²) in [5.74, 6) is -0.191. The molecule has 0 saturated carbocycles. The molecule has 0 fully saturated rings. The van der Waals surface area contributed by atoms with E-state index < -0.39 is 0 Å². The van der Waals surface area contributed by atoms with E-state index in [2.05, 4.69) is 19.2 Å². The number of rotatable bonds is 12. The number of likely N-dealkylation sites (N-methyl/N-ethyl adjacent to an activating group) is 1. The molecule has 0 rings (SSSR count). The topological polar surface area (TPSA) is 47.6 Å². The summed E-state index contributed by atoms with van der Waals surface area (Å²) in [6.45, 7) is 7.16. The first-order valence-electron chi connectivity index (χ1n) is 7.61. The maximum absolute atomic E-state index is 11.6. The standard InChI is InChI=1S/C15H31NO3/c1-5-7-8-9-10-13(3)19-12-11-14(16-4)15(17)18-6-2/h13-14,16H,5-12H2,1-4H3. The van der Waals surface area contributed by atoms with Crippen molar-refractivity contribution >= 4 is 5.97 Å². The number of hydrogen-bond acceptors (Lipinski definition) is 4. The Kier molecular flexibility index (Phi) is 12.0. The molecule has 0 aliphatic heterocycles. The Morgan fingerprint density at radius 2 is 1.89 bits per heavy atom. The number of esters is 1.